The van der Waals surface area contributed by atoms with E-state index in [0.717, 1.165) is 12.6 Å². The lowest BCUT2D eigenvalue weighted by Crippen LogP contribution is -2.27. The minimum Gasteiger partial charge on any atom is -0.384 e. The summed E-state index contributed by atoms with van der Waals surface area (Å²) < 4.78 is 4.90. The van der Waals surface area contributed by atoms with E-state index in [4.69, 9.17) is 4.74 Å². The van der Waals surface area contributed by atoms with Crippen LogP contribution in [0.5, 0.6) is 0 Å². The second-order valence-electron chi connectivity index (χ2n) is 3.52. The summed E-state index contributed by atoms with van der Waals surface area (Å²) in [4.78, 5) is 21.0. The van der Waals surface area contributed by atoms with Gasteiger partial charge in [0.1, 0.15) is 12.6 Å². The zero-order valence-corrected chi connectivity index (χ0v) is 7.87. The number of hydrogen-bond acceptors (Lipinski definition) is 3. The molecule has 0 aromatic carbocycles. The molecule has 0 aliphatic rings. The van der Waals surface area contributed by atoms with Crippen LogP contribution in [0.1, 0.15) is 20.3 Å². The predicted octanol–water partition coefficient (Wildman–Crippen LogP) is 1.06. The van der Waals surface area contributed by atoms with Gasteiger partial charge in [-0.15, -0.1) is 0 Å². The molecule has 2 atom stereocenters. The van der Waals surface area contributed by atoms with Crippen molar-refractivity contribution < 1.29 is 14.3 Å². The highest BCUT2D eigenvalue weighted by Gasteiger charge is 2.25. The van der Waals surface area contributed by atoms with Crippen LogP contribution in [-0.4, -0.2) is 26.3 Å². The van der Waals surface area contributed by atoms with E-state index in [0.29, 0.717) is 13.0 Å². The second-order valence-corrected chi connectivity index (χ2v) is 3.52. The van der Waals surface area contributed by atoms with Gasteiger partial charge < -0.3 is 14.3 Å². The smallest absolute Gasteiger partial charge is 0.128 e. The third-order valence-corrected chi connectivity index (χ3v) is 1.78. The van der Waals surface area contributed by atoms with Crippen LogP contribution < -0.4 is 0 Å². The quantitative estimate of drug-likeness (QED) is 0.563. The molecule has 0 amide bonds. The van der Waals surface area contributed by atoms with Gasteiger partial charge in [-0.1, -0.05) is 13.8 Å². The van der Waals surface area contributed by atoms with Gasteiger partial charge in [0.05, 0.1) is 6.61 Å². The van der Waals surface area contributed by atoms with Gasteiger partial charge >= 0.3 is 0 Å². The Balaban J connectivity index is 4.12. The molecule has 0 heterocycles. The highest BCUT2D eigenvalue weighted by molar-refractivity contribution is 5.61. The Bertz CT molecular complexity index is 156. The first-order valence-electron chi connectivity index (χ1n) is 3.98. The Morgan fingerprint density at radius 1 is 1.50 bits per heavy atom. The summed E-state index contributed by atoms with van der Waals surface area (Å²) in [5.74, 6) is -0.0876. The summed E-state index contributed by atoms with van der Waals surface area (Å²) in [6.07, 6.45) is 2.27. The van der Waals surface area contributed by atoms with E-state index >= 15 is 0 Å². The average Bonchev–Trinajstić information content (AvgIpc) is 2.05. The van der Waals surface area contributed by atoms with Crippen LogP contribution >= 0.6 is 0 Å². The largest absolute Gasteiger partial charge is 0.384 e. The van der Waals surface area contributed by atoms with Gasteiger partial charge in [0.25, 0.3) is 0 Å². The normalized spacial score (nSPS) is 17.9. The van der Waals surface area contributed by atoms with E-state index in [9.17, 15) is 9.59 Å². The summed E-state index contributed by atoms with van der Waals surface area (Å²) >= 11 is 0. The van der Waals surface area contributed by atoms with Gasteiger partial charge in [0, 0.05) is 18.4 Å². The van der Waals surface area contributed by atoms with Crippen molar-refractivity contribution >= 4 is 12.6 Å². The minimum atomic E-state index is -0.519. The molecule has 0 aliphatic heterocycles. The van der Waals surface area contributed by atoms with Crippen LogP contribution in [0.4, 0.5) is 0 Å². The lowest BCUT2D eigenvalue weighted by molar-refractivity contribution is -0.120. The van der Waals surface area contributed by atoms with E-state index in [-0.39, 0.29) is 5.92 Å². The number of rotatable bonds is 6. The summed E-state index contributed by atoms with van der Waals surface area (Å²) in [5, 5.41) is 0. The monoisotopic (exact) mass is 172 g/mol. The fourth-order valence-electron chi connectivity index (χ4n) is 1.25. The summed E-state index contributed by atoms with van der Waals surface area (Å²) in [6, 6.07) is 0. The maximum absolute atomic E-state index is 10.7. The van der Waals surface area contributed by atoms with Crippen molar-refractivity contribution in [1.82, 2.24) is 0 Å². The van der Waals surface area contributed by atoms with Crippen molar-refractivity contribution in [2.24, 2.45) is 11.3 Å². The van der Waals surface area contributed by atoms with Crippen molar-refractivity contribution in [3.8, 4) is 0 Å². The molecule has 0 N–H and O–H groups in total. The highest BCUT2D eigenvalue weighted by Crippen LogP contribution is 2.22. The van der Waals surface area contributed by atoms with Crippen LogP contribution in [0.15, 0.2) is 0 Å². The number of aldehydes is 2. The molecule has 0 saturated heterocycles. The molecule has 3 heteroatoms. The first-order chi connectivity index (χ1) is 5.58. The van der Waals surface area contributed by atoms with Gasteiger partial charge in [-0.25, -0.2) is 0 Å². The van der Waals surface area contributed by atoms with Crippen molar-refractivity contribution in [2.75, 3.05) is 13.7 Å². The highest BCUT2D eigenvalue weighted by atomic mass is 16.5. The standard InChI is InChI=1S/C9H16O3/c1-8(5-10)4-9(2,6-11)7-12-3/h5-6,8H,4,7H2,1-3H3. The Hall–Kier alpha value is -0.700. The van der Waals surface area contributed by atoms with Crippen LogP contribution in [0, 0.1) is 11.3 Å². The van der Waals surface area contributed by atoms with Gasteiger partial charge in [-0.05, 0) is 6.42 Å². The summed E-state index contributed by atoms with van der Waals surface area (Å²) in [7, 11) is 1.55. The van der Waals surface area contributed by atoms with Gasteiger partial charge in [-0.2, -0.15) is 0 Å². The molecule has 0 rings (SSSR count). The molecule has 0 aromatic heterocycles. The number of methoxy groups -OCH3 is 1. The fourth-order valence-corrected chi connectivity index (χ4v) is 1.25. The Morgan fingerprint density at radius 2 is 2.08 bits per heavy atom. The predicted molar refractivity (Wildman–Crippen MR) is 45.9 cm³/mol. The molecule has 0 radical (unpaired) electrons. The molecule has 0 bridgehead atoms. The first-order valence-corrected chi connectivity index (χ1v) is 3.98. The zero-order valence-electron chi connectivity index (χ0n) is 7.87. The molecule has 0 saturated carbocycles. The number of hydrogen-bond donors (Lipinski definition) is 0. The topological polar surface area (TPSA) is 43.4 Å². The molecular weight excluding hydrogens is 156 g/mol. The van der Waals surface area contributed by atoms with E-state index < -0.39 is 5.41 Å². The first kappa shape index (κ1) is 11.3. The number of ether oxygens (including phenoxy) is 1. The van der Waals surface area contributed by atoms with Gasteiger partial charge in [0.15, 0.2) is 0 Å². The number of carbonyl (C=O) groups excluding carboxylic acids is 2. The maximum atomic E-state index is 10.7. The van der Waals surface area contributed by atoms with Crippen molar-refractivity contribution in [3.63, 3.8) is 0 Å². The van der Waals surface area contributed by atoms with Crippen LogP contribution in [-0.2, 0) is 14.3 Å². The Kier molecular flexibility index (Phi) is 4.74. The molecule has 2 unspecified atom stereocenters. The van der Waals surface area contributed by atoms with E-state index in [2.05, 4.69) is 0 Å². The van der Waals surface area contributed by atoms with E-state index in [1.165, 1.54) is 0 Å². The lowest BCUT2D eigenvalue weighted by Gasteiger charge is -2.23. The third kappa shape index (κ3) is 3.62. The summed E-state index contributed by atoms with van der Waals surface area (Å²) in [5.41, 5.74) is -0.519. The van der Waals surface area contributed by atoms with Crippen LogP contribution in [0.25, 0.3) is 0 Å². The molecular formula is C9H16O3. The van der Waals surface area contributed by atoms with Gasteiger partial charge in [0.2, 0.25) is 0 Å². The molecule has 70 valence electrons. The van der Waals surface area contributed by atoms with Crippen molar-refractivity contribution in [3.05, 3.63) is 0 Å². The second kappa shape index (κ2) is 5.04. The van der Waals surface area contributed by atoms with E-state index in [1.54, 1.807) is 21.0 Å². The van der Waals surface area contributed by atoms with Crippen LogP contribution in [0.3, 0.4) is 0 Å². The van der Waals surface area contributed by atoms with Gasteiger partial charge in [-0.3, -0.25) is 0 Å². The van der Waals surface area contributed by atoms with Crippen molar-refractivity contribution in [1.29, 1.82) is 0 Å². The lowest BCUT2D eigenvalue weighted by atomic mass is 9.84. The summed E-state index contributed by atoms with van der Waals surface area (Å²) in [6.45, 7) is 3.96. The van der Waals surface area contributed by atoms with Crippen molar-refractivity contribution in [2.45, 2.75) is 20.3 Å². The molecule has 0 aromatic rings. The zero-order chi connectivity index (χ0) is 9.61. The SMILES string of the molecule is COCC(C)(C=O)CC(C)C=O. The Morgan fingerprint density at radius 3 is 2.42 bits per heavy atom. The minimum absolute atomic E-state index is 0.0876. The fraction of sp³-hybridized carbons (Fsp3) is 0.778. The van der Waals surface area contributed by atoms with Crippen LogP contribution in [0.2, 0.25) is 0 Å². The molecule has 0 fully saturated rings. The molecule has 3 nitrogen and oxygen atoms in total. The maximum Gasteiger partial charge on any atom is 0.128 e. The molecule has 0 spiro atoms. The molecule has 12 heavy (non-hydrogen) atoms. The average molecular weight is 172 g/mol. The third-order valence-electron chi connectivity index (χ3n) is 1.78. The Labute approximate surface area is 73.1 Å². The van der Waals surface area contributed by atoms with E-state index in [1.807, 2.05) is 0 Å². The molecule has 0 aliphatic carbocycles. The number of carbonyl (C=O) groups is 2.